The number of nitrogens with zero attached hydrogens (tertiary/aromatic N) is 4. The molecule has 0 fully saturated rings. The number of nitrogens with one attached hydrogen (secondary N) is 3. The van der Waals surface area contributed by atoms with Crippen LogP contribution in [-0.4, -0.2) is 39.8 Å². The molecule has 0 aliphatic heterocycles. The van der Waals surface area contributed by atoms with Crippen LogP contribution in [0.25, 0.3) is 11.2 Å². The fourth-order valence-electron chi connectivity index (χ4n) is 3.83. The van der Waals surface area contributed by atoms with E-state index in [1.54, 1.807) is 30.3 Å². The second kappa shape index (κ2) is 7.31. The topological polar surface area (TPSA) is 126 Å². The van der Waals surface area contributed by atoms with Crippen LogP contribution < -0.4 is 10.6 Å². The zero-order valence-electron chi connectivity index (χ0n) is 17.1. The second-order valence-electron chi connectivity index (χ2n) is 7.65. The van der Waals surface area contributed by atoms with E-state index in [0.717, 1.165) is 25.0 Å². The van der Waals surface area contributed by atoms with Crippen LogP contribution in [0.1, 0.15) is 23.5 Å². The average Bonchev–Trinajstić information content (AvgIpc) is 3.33. The van der Waals surface area contributed by atoms with Gasteiger partial charge in [-0.05, 0) is 49.9 Å². The lowest BCUT2D eigenvalue weighted by Gasteiger charge is -2.13. The number of para-hydroxylation sites is 1. The van der Waals surface area contributed by atoms with Crippen LogP contribution in [0, 0.1) is 6.92 Å². The van der Waals surface area contributed by atoms with E-state index in [9.17, 15) is 8.42 Å². The van der Waals surface area contributed by atoms with Crippen molar-refractivity contribution >= 4 is 44.0 Å². The molecule has 1 aromatic carbocycles. The third-order valence-corrected chi connectivity index (χ3v) is 6.37. The highest BCUT2D eigenvalue weighted by atomic mass is 32.2. The third-order valence-electron chi connectivity index (χ3n) is 5.21. The normalized spacial score (nSPS) is 13.4. The van der Waals surface area contributed by atoms with E-state index in [4.69, 9.17) is 0 Å². The summed E-state index contributed by atoms with van der Waals surface area (Å²) in [6.45, 7) is 1.84. The first-order valence-corrected chi connectivity index (χ1v) is 11.8. The maximum Gasteiger partial charge on any atom is 0.181 e. The predicted molar refractivity (Wildman–Crippen MR) is 119 cm³/mol. The third kappa shape index (κ3) is 3.81. The second-order valence-corrected chi connectivity index (χ2v) is 9.63. The van der Waals surface area contributed by atoms with Gasteiger partial charge in [0.15, 0.2) is 21.3 Å². The number of benzene rings is 1. The Labute approximate surface area is 179 Å². The van der Waals surface area contributed by atoms with E-state index in [1.165, 1.54) is 11.8 Å². The number of fused-ring (bicyclic) bond motifs is 2. The first kappa shape index (κ1) is 19.4. The lowest BCUT2D eigenvalue weighted by Crippen LogP contribution is -2.04. The van der Waals surface area contributed by atoms with Crippen LogP contribution in [0.3, 0.4) is 0 Å². The van der Waals surface area contributed by atoms with Gasteiger partial charge in [0.25, 0.3) is 0 Å². The number of aryl methyl sites for hydroxylation is 3. The maximum atomic E-state index is 12.2. The molecule has 1 aliphatic rings. The van der Waals surface area contributed by atoms with Crippen LogP contribution >= 0.6 is 0 Å². The van der Waals surface area contributed by atoms with Crippen LogP contribution in [-0.2, 0) is 22.7 Å². The zero-order chi connectivity index (χ0) is 21.6. The molecule has 5 rings (SSSR count). The highest BCUT2D eigenvalue weighted by molar-refractivity contribution is 7.90. The van der Waals surface area contributed by atoms with Gasteiger partial charge in [0.05, 0.1) is 22.0 Å². The van der Waals surface area contributed by atoms with E-state index >= 15 is 0 Å². The minimum atomic E-state index is -3.40. The molecular formula is C21H21N7O2S. The van der Waals surface area contributed by atoms with E-state index in [2.05, 4.69) is 35.8 Å². The van der Waals surface area contributed by atoms with Crippen molar-refractivity contribution in [3.63, 3.8) is 0 Å². The molecule has 3 N–H and O–H groups in total. The van der Waals surface area contributed by atoms with Crippen LogP contribution in [0.2, 0.25) is 0 Å². The number of H-pyrrole nitrogens is 1. The Morgan fingerprint density at radius 3 is 2.65 bits per heavy atom. The molecule has 0 bridgehead atoms. The van der Waals surface area contributed by atoms with E-state index in [1.807, 2.05) is 13.0 Å². The molecule has 4 aromatic rings. The number of anilines is 4. The number of sulfone groups is 1. The summed E-state index contributed by atoms with van der Waals surface area (Å²) in [6, 6.07) is 10.6. The molecule has 0 saturated carbocycles. The summed E-state index contributed by atoms with van der Waals surface area (Å²) in [4.78, 5) is 12.4. The highest BCUT2D eigenvalue weighted by Crippen LogP contribution is 2.31. The minimum Gasteiger partial charge on any atom is -0.353 e. The molecule has 3 aromatic heterocycles. The number of hydrogen-bond donors (Lipinski definition) is 3. The average molecular weight is 436 g/mol. The number of rotatable bonds is 5. The highest BCUT2D eigenvalue weighted by Gasteiger charge is 2.17. The summed E-state index contributed by atoms with van der Waals surface area (Å²) in [5.74, 6) is 1.85. The first-order valence-electron chi connectivity index (χ1n) is 9.93. The molecular weight excluding hydrogens is 414 g/mol. The summed E-state index contributed by atoms with van der Waals surface area (Å²) in [6.07, 6.45) is 4.25. The van der Waals surface area contributed by atoms with Crippen molar-refractivity contribution in [1.29, 1.82) is 0 Å². The molecule has 0 saturated heterocycles. The number of imidazole rings is 1. The molecule has 0 spiro atoms. The van der Waals surface area contributed by atoms with E-state index in [0.29, 0.717) is 40.0 Å². The Kier molecular flexibility index (Phi) is 4.58. The van der Waals surface area contributed by atoms with Gasteiger partial charge < -0.3 is 15.6 Å². The van der Waals surface area contributed by atoms with Crippen molar-refractivity contribution < 1.29 is 8.42 Å². The van der Waals surface area contributed by atoms with Gasteiger partial charge in [-0.1, -0.05) is 12.1 Å². The summed E-state index contributed by atoms with van der Waals surface area (Å²) in [7, 11) is -3.40. The Balaban J connectivity index is 1.56. The maximum absolute atomic E-state index is 12.2. The number of aromatic nitrogens is 5. The molecule has 0 radical (unpaired) electrons. The van der Waals surface area contributed by atoms with Gasteiger partial charge in [0.1, 0.15) is 17.2 Å². The molecule has 158 valence electrons. The van der Waals surface area contributed by atoms with Crippen molar-refractivity contribution in [3.8, 4) is 0 Å². The molecule has 1 aliphatic carbocycles. The smallest absolute Gasteiger partial charge is 0.181 e. The van der Waals surface area contributed by atoms with Crippen molar-refractivity contribution in [2.45, 2.75) is 31.1 Å². The number of aromatic amines is 1. The van der Waals surface area contributed by atoms with Gasteiger partial charge in [-0.25, -0.2) is 18.4 Å². The summed E-state index contributed by atoms with van der Waals surface area (Å²) in [5, 5.41) is 15.0. The predicted octanol–water partition coefficient (Wildman–Crippen LogP) is 3.44. The standard InChI is InChI=1S/C21H21N7O2S/c1-12-22-20-16(24-15-7-3-4-9-17(15)31(2,29)30)11-18(26-21(20)23-12)25-19-10-13-6-5-8-14(13)27-28-19/h3-4,7,9-11H,5-6,8H2,1-2H3,(H3,22,23,24,25,26,28). The van der Waals surface area contributed by atoms with Crippen LogP contribution in [0.4, 0.5) is 23.0 Å². The lowest BCUT2D eigenvalue weighted by molar-refractivity contribution is 0.602. The number of pyridine rings is 1. The van der Waals surface area contributed by atoms with Gasteiger partial charge in [-0.15, -0.1) is 5.10 Å². The molecule has 0 amide bonds. The first-order chi connectivity index (χ1) is 14.9. The van der Waals surface area contributed by atoms with Crippen molar-refractivity contribution in [2.24, 2.45) is 0 Å². The lowest BCUT2D eigenvalue weighted by atomic mass is 10.2. The summed E-state index contributed by atoms with van der Waals surface area (Å²) >= 11 is 0. The largest absolute Gasteiger partial charge is 0.353 e. The van der Waals surface area contributed by atoms with Gasteiger partial charge in [0.2, 0.25) is 0 Å². The van der Waals surface area contributed by atoms with Crippen LogP contribution in [0.15, 0.2) is 41.3 Å². The zero-order valence-corrected chi connectivity index (χ0v) is 17.9. The fraction of sp³-hybridized carbons (Fsp3) is 0.238. The van der Waals surface area contributed by atoms with Gasteiger partial charge in [-0.2, -0.15) is 5.10 Å². The van der Waals surface area contributed by atoms with Crippen molar-refractivity contribution in [1.82, 2.24) is 25.1 Å². The van der Waals surface area contributed by atoms with E-state index in [-0.39, 0.29) is 4.90 Å². The molecule has 10 heteroatoms. The van der Waals surface area contributed by atoms with Gasteiger partial charge >= 0.3 is 0 Å². The van der Waals surface area contributed by atoms with Gasteiger partial charge in [-0.3, -0.25) is 0 Å². The molecule has 0 unspecified atom stereocenters. The molecule has 3 heterocycles. The Bertz CT molecular complexity index is 1410. The summed E-state index contributed by atoms with van der Waals surface area (Å²) in [5.41, 5.74) is 4.58. The molecule has 0 atom stereocenters. The van der Waals surface area contributed by atoms with Gasteiger partial charge in [0, 0.05) is 12.3 Å². The van der Waals surface area contributed by atoms with Crippen molar-refractivity contribution in [2.75, 3.05) is 16.9 Å². The molecule has 9 nitrogen and oxygen atoms in total. The minimum absolute atomic E-state index is 0.218. The Hall–Kier alpha value is -3.53. The quantitative estimate of drug-likeness (QED) is 0.435. The summed E-state index contributed by atoms with van der Waals surface area (Å²) < 4.78 is 24.4. The van der Waals surface area contributed by atoms with Crippen LogP contribution in [0.5, 0.6) is 0 Å². The number of hydrogen-bond acceptors (Lipinski definition) is 8. The Morgan fingerprint density at radius 2 is 1.81 bits per heavy atom. The van der Waals surface area contributed by atoms with E-state index < -0.39 is 9.84 Å². The van der Waals surface area contributed by atoms with Crippen molar-refractivity contribution in [3.05, 3.63) is 53.5 Å². The molecule has 31 heavy (non-hydrogen) atoms. The Morgan fingerprint density at radius 1 is 0.968 bits per heavy atom. The monoisotopic (exact) mass is 435 g/mol. The SMILES string of the molecule is Cc1nc2nc(Nc3cc4c(nn3)CCC4)cc(Nc3ccccc3S(C)(=O)=O)c2[nH]1. The fourth-order valence-corrected chi connectivity index (χ4v) is 4.67.